The third-order valence-corrected chi connectivity index (χ3v) is 2.91. The van der Waals surface area contributed by atoms with E-state index in [0.29, 0.717) is 22.3 Å². The third kappa shape index (κ3) is 4.73. The summed E-state index contributed by atoms with van der Waals surface area (Å²) >= 11 is 0. The van der Waals surface area contributed by atoms with Crippen molar-refractivity contribution in [3.8, 4) is 23.5 Å². The quantitative estimate of drug-likeness (QED) is 0.519. The van der Waals surface area contributed by atoms with Gasteiger partial charge in [-0.1, -0.05) is 24.0 Å². The summed E-state index contributed by atoms with van der Waals surface area (Å²) in [6.45, 7) is 1.62. The molecule has 0 aliphatic heterocycles. The van der Waals surface area contributed by atoms with Crippen molar-refractivity contribution in [2.45, 2.75) is 13.0 Å². The van der Waals surface area contributed by atoms with Gasteiger partial charge in [-0.05, 0) is 31.2 Å². The van der Waals surface area contributed by atoms with Crippen molar-refractivity contribution in [1.82, 2.24) is 15.4 Å². The number of pyridine rings is 1. The van der Waals surface area contributed by atoms with E-state index in [9.17, 15) is 10.0 Å². The zero-order valence-corrected chi connectivity index (χ0v) is 12.9. The highest BCUT2D eigenvalue weighted by Gasteiger charge is 2.13. The number of aromatic nitrogens is 1. The lowest BCUT2D eigenvalue weighted by Gasteiger charge is -2.16. The minimum atomic E-state index is -0.643. The molecule has 23 heavy (non-hydrogen) atoms. The average Bonchev–Trinajstić information content (AvgIpc) is 2.59. The summed E-state index contributed by atoms with van der Waals surface area (Å²) < 4.78 is 5.63. The molecule has 2 amide bonds. The third-order valence-electron chi connectivity index (χ3n) is 2.91. The molecule has 1 unspecified atom stereocenters. The molecule has 6 heteroatoms. The summed E-state index contributed by atoms with van der Waals surface area (Å²) in [5, 5.41) is 12.5. The molecular formula is C17H17N3O3. The summed E-state index contributed by atoms with van der Waals surface area (Å²) in [4.78, 5) is 15.4. The first-order valence-electron chi connectivity index (χ1n) is 7.00. The van der Waals surface area contributed by atoms with Gasteiger partial charge in [0, 0.05) is 24.9 Å². The molecule has 0 saturated heterocycles. The molecule has 2 aromatic rings. The van der Waals surface area contributed by atoms with Crippen molar-refractivity contribution in [3.63, 3.8) is 0 Å². The van der Waals surface area contributed by atoms with Crippen molar-refractivity contribution in [2.75, 3.05) is 7.05 Å². The van der Waals surface area contributed by atoms with Crippen LogP contribution in [0.4, 0.5) is 4.79 Å². The van der Waals surface area contributed by atoms with E-state index < -0.39 is 12.1 Å². The van der Waals surface area contributed by atoms with Crippen molar-refractivity contribution < 1.29 is 14.7 Å². The minimum absolute atomic E-state index is 0.493. The summed E-state index contributed by atoms with van der Waals surface area (Å²) in [5.74, 6) is 6.80. The summed E-state index contributed by atoms with van der Waals surface area (Å²) in [6, 6.07) is 11.3. The topological polar surface area (TPSA) is 74.7 Å². The second kappa shape index (κ2) is 7.82. The van der Waals surface area contributed by atoms with Crippen LogP contribution in [0.2, 0.25) is 0 Å². The minimum Gasteiger partial charge on any atom is -0.439 e. The van der Waals surface area contributed by atoms with Gasteiger partial charge in [0.25, 0.3) is 0 Å². The molecule has 0 spiro atoms. The molecule has 2 N–H and O–H groups in total. The van der Waals surface area contributed by atoms with Crippen LogP contribution in [0.25, 0.3) is 0 Å². The van der Waals surface area contributed by atoms with Crippen LogP contribution in [-0.2, 0) is 0 Å². The zero-order chi connectivity index (χ0) is 16.7. The highest BCUT2D eigenvalue weighted by Crippen LogP contribution is 2.19. The molecule has 1 aromatic heterocycles. The van der Waals surface area contributed by atoms with Gasteiger partial charge in [0.2, 0.25) is 5.88 Å². The molecule has 1 atom stereocenters. The molecule has 0 aliphatic carbocycles. The van der Waals surface area contributed by atoms with Crippen LogP contribution in [0.15, 0.2) is 48.7 Å². The summed E-state index contributed by atoms with van der Waals surface area (Å²) in [5.41, 5.74) is 0.704. The first kappa shape index (κ1) is 16.3. The molecule has 1 heterocycles. The Bertz CT molecular complexity index is 723. The second-order valence-corrected chi connectivity index (χ2v) is 4.64. The van der Waals surface area contributed by atoms with Gasteiger partial charge < -0.3 is 10.1 Å². The van der Waals surface area contributed by atoms with Crippen LogP contribution in [0.1, 0.15) is 12.5 Å². The first-order valence-corrected chi connectivity index (χ1v) is 7.00. The van der Waals surface area contributed by atoms with Crippen LogP contribution in [0.5, 0.6) is 11.6 Å². The number of carbonyl (C=O) groups excluding carboxylic acids is 1. The van der Waals surface area contributed by atoms with E-state index in [1.807, 2.05) is 24.3 Å². The van der Waals surface area contributed by atoms with Gasteiger partial charge in [0.05, 0.1) is 0 Å². The Morgan fingerprint density at radius 2 is 2.17 bits per heavy atom. The largest absolute Gasteiger partial charge is 0.439 e. The average molecular weight is 311 g/mol. The van der Waals surface area contributed by atoms with Gasteiger partial charge in [-0.25, -0.2) is 9.78 Å². The lowest BCUT2D eigenvalue weighted by atomic mass is 10.2. The van der Waals surface area contributed by atoms with Crippen LogP contribution >= 0.6 is 0 Å². The normalized spacial score (nSPS) is 10.9. The number of urea groups is 1. The Hall–Kier alpha value is -3.04. The number of hydroxylamine groups is 2. The van der Waals surface area contributed by atoms with Crippen molar-refractivity contribution in [1.29, 1.82) is 0 Å². The summed E-state index contributed by atoms with van der Waals surface area (Å²) in [7, 11) is 1.43. The Labute approximate surface area is 134 Å². The van der Waals surface area contributed by atoms with Crippen LogP contribution in [0, 0.1) is 11.8 Å². The Kier molecular flexibility index (Phi) is 5.56. The predicted molar refractivity (Wildman–Crippen MR) is 85.2 cm³/mol. The molecule has 0 fully saturated rings. The molecule has 0 saturated carbocycles. The number of benzene rings is 1. The fourth-order valence-electron chi connectivity index (χ4n) is 1.70. The number of hydrogen-bond acceptors (Lipinski definition) is 4. The highest BCUT2D eigenvalue weighted by molar-refractivity contribution is 5.73. The van der Waals surface area contributed by atoms with Crippen LogP contribution in [0.3, 0.4) is 0 Å². The smallest absolute Gasteiger partial charge is 0.342 e. The Balaban J connectivity index is 2.09. The Morgan fingerprint density at radius 1 is 1.35 bits per heavy atom. The lowest BCUT2D eigenvalue weighted by Crippen LogP contribution is -2.40. The van der Waals surface area contributed by atoms with Gasteiger partial charge in [0.15, 0.2) is 0 Å². The Morgan fingerprint density at radius 3 is 2.87 bits per heavy atom. The van der Waals surface area contributed by atoms with E-state index in [2.05, 4.69) is 22.1 Å². The highest BCUT2D eigenvalue weighted by atomic mass is 16.5. The molecule has 2 rings (SSSR count). The van der Waals surface area contributed by atoms with Crippen molar-refractivity contribution in [2.24, 2.45) is 0 Å². The van der Waals surface area contributed by atoms with Gasteiger partial charge in [0.1, 0.15) is 11.8 Å². The van der Waals surface area contributed by atoms with E-state index in [1.165, 1.54) is 7.05 Å². The zero-order valence-electron chi connectivity index (χ0n) is 12.9. The fraction of sp³-hybridized carbons (Fsp3) is 0.176. The molecule has 0 aliphatic rings. The first-order chi connectivity index (χ1) is 11.1. The molecule has 6 nitrogen and oxygen atoms in total. The standard InChI is InChI=1S/C17H17N3O3/c1-13(20(22)17(21)18-2)9-10-14-6-5-7-15(12-14)23-16-8-3-4-11-19-16/h3-8,11-13,22H,1-2H3,(H,18,21). The molecule has 118 valence electrons. The number of nitrogens with one attached hydrogen (secondary N) is 1. The molecule has 0 bridgehead atoms. The van der Waals surface area contributed by atoms with E-state index in [-0.39, 0.29) is 0 Å². The van der Waals surface area contributed by atoms with Crippen molar-refractivity contribution in [3.05, 3.63) is 54.2 Å². The number of rotatable bonds is 3. The van der Waals surface area contributed by atoms with Gasteiger partial charge in [-0.3, -0.25) is 5.21 Å². The molecule has 0 radical (unpaired) electrons. The van der Waals surface area contributed by atoms with E-state index in [4.69, 9.17) is 4.74 Å². The number of nitrogens with zero attached hydrogens (tertiary/aromatic N) is 2. The van der Waals surface area contributed by atoms with Gasteiger partial charge in [-0.2, -0.15) is 5.06 Å². The summed E-state index contributed by atoms with van der Waals surface area (Å²) in [6.07, 6.45) is 1.65. The van der Waals surface area contributed by atoms with Gasteiger partial charge in [-0.15, -0.1) is 0 Å². The van der Waals surface area contributed by atoms with E-state index in [1.54, 1.807) is 31.3 Å². The van der Waals surface area contributed by atoms with Crippen molar-refractivity contribution >= 4 is 6.03 Å². The number of amides is 2. The maximum atomic E-state index is 11.3. The number of hydrogen-bond donors (Lipinski definition) is 2. The SMILES string of the molecule is CNC(=O)N(O)C(C)C#Cc1cccc(Oc2ccccn2)c1. The predicted octanol–water partition coefficient (Wildman–Crippen LogP) is 2.64. The van der Waals surface area contributed by atoms with E-state index in [0.717, 1.165) is 0 Å². The van der Waals surface area contributed by atoms with Gasteiger partial charge >= 0.3 is 6.03 Å². The number of ether oxygens (including phenoxy) is 1. The molecular weight excluding hydrogens is 294 g/mol. The monoisotopic (exact) mass is 311 g/mol. The molecule has 1 aromatic carbocycles. The second-order valence-electron chi connectivity index (χ2n) is 4.64. The lowest BCUT2D eigenvalue weighted by molar-refractivity contribution is -0.0566. The fourth-order valence-corrected chi connectivity index (χ4v) is 1.70. The number of carbonyl (C=O) groups is 1. The van der Waals surface area contributed by atoms with Crippen LogP contribution in [-0.4, -0.2) is 34.4 Å². The van der Waals surface area contributed by atoms with Crippen LogP contribution < -0.4 is 10.1 Å². The maximum Gasteiger partial charge on any atom is 0.342 e. The van der Waals surface area contributed by atoms with E-state index >= 15 is 0 Å². The maximum absolute atomic E-state index is 11.3.